The van der Waals surface area contributed by atoms with Crippen LogP contribution in [0.3, 0.4) is 0 Å². The van der Waals surface area contributed by atoms with Crippen molar-refractivity contribution in [1.29, 1.82) is 0 Å². The van der Waals surface area contributed by atoms with Crippen molar-refractivity contribution in [2.24, 2.45) is 11.8 Å². The molecule has 0 aromatic heterocycles. The molecular formula is C22H32. The Hall–Kier alpha value is -1.30. The van der Waals surface area contributed by atoms with Crippen LogP contribution in [-0.2, 0) is 0 Å². The molecule has 3 aliphatic rings. The van der Waals surface area contributed by atoms with E-state index in [2.05, 4.69) is 26.2 Å². The van der Waals surface area contributed by atoms with Gasteiger partial charge >= 0.3 is 0 Å². The summed E-state index contributed by atoms with van der Waals surface area (Å²) < 4.78 is 0. The van der Waals surface area contributed by atoms with Crippen LogP contribution in [-0.4, -0.2) is 0 Å². The summed E-state index contributed by atoms with van der Waals surface area (Å²) in [6.07, 6.45) is 15.3. The van der Waals surface area contributed by atoms with Crippen LogP contribution in [0, 0.1) is 11.8 Å². The molecule has 3 rings (SSSR count). The SMILES string of the molecule is C=C/C=C\C(=C)C(CCC)C1C2=C3CCC(=C1CC2)C3.CC. The quantitative estimate of drug-likeness (QED) is 0.368. The van der Waals surface area contributed by atoms with Gasteiger partial charge in [-0.05, 0) is 44.4 Å². The van der Waals surface area contributed by atoms with E-state index in [4.69, 9.17) is 0 Å². The topological polar surface area (TPSA) is 0 Å². The molecule has 0 aromatic rings. The van der Waals surface area contributed by atoms with Crippen LogP contribution in [0.2, 0.25) is 0 Å². The summed E-state index contributed by atoms with van der Waals surface area (Å²) in [5.41, 5.74) is 8.47. The summed E-state index contributed by atoms with van der Waals surface area (Å²) in [5.74, 6) is 1.32. The van der Waals surface area contributed by atoms with E-state index in [-0.39, 0.29) is 0 Å². The standard InChI is InChI=1S/C20H26.C2H6/c1-4-6-8-14(3)17(7-5-2)20-18-11-12-19(20)16-10-9-15(18)13-16;1-2/h4,6,8,17,20H,1,3,5,7,9-13H2,2H3;1-2H3/b8-6-;. The van der Waals surface area contributed by atoms with Gasteiger partial charge < -0.3 is 0 Å². The summed E-state index contributed by atoms with van der Waals surface area (Å²) in [6.45, 7) is 14.5. The molecule has 0 aliphatic heterocycles. The maximum Gasteiger partial charge on any atom is 0.00813 e. The van der Waals surface area contributed by atoms with Crippen LogP contribution in [0.25, 0.3) is 0 Å². The van der Waals surface area contributed by atoms with E-state index >= 15 is 0 Å². The molecule has 0 aromatic carbocycles. The zero-order valence-corrected chi connectivity index (χ0v) is 14.8. The Bertz CT molecular complexity index is 496. The van der Waals surface area contributed by atoms with E-state index < -0.39 is 0 Å². The Labute approximate surface area is 137 Å². The van der Waals surface area contributed by atoms with Gasteiger partial charge in [-0.3, -0.25) is 0 Å². The van der Waals surface area contributed by atoms with Crippen molar-refractivity contribution in [3.05, 3.63) is 59.3 Å². The van der Waals surface area contributed by atoms with Crippen LogP contribution < -0.4 is 0 Å². The second-order valence-electron chi connectivity index (χ2n) is 6.48. The van der Waals surface area contributed by atoms with Gasteiger partial charge in [-0.25, -0.2) is 0 Å². The molecular weight excluding hydrogens is 264 g/mol. The monoisotopic (exact) mass is 296 g/mol. The largest absolute Gasteiger partial charge is 0.0991 e. The highest BCUT2D eigenvalue weighted by Crippen LogP contribution is 2.56. The van der Waals surface area contributed by atoms with E-state index in [1.54, 1.807) is 22.3 Å². The zero-order valence-electron chi connectivity index (χ0n) is 14.8. The van der Waals surface area contributed by atoms with Crippen molar-refractivity contribution in [3.8, 4) is 0 Å². The van der Waals surface area contributed by atoms with E-state index in [1.165, 1.54) is 50.5 Å². The number of hydrogen-bond acceptors (Lipinski definition) is 0. The molecule has 22 heavy (non-hydrogen) atoms. The van der Waals surface area contributed by atoms with Gasteiger partial charge in [0.15, 0.2) is 0 Å². The third-order valence-electron chi connectivity index (χ3n) is 5.40. The molecule has 0 heteroatoms. The van der Waals surface area contributed by atoms with E-state index in [9.17, 15) is 0 Å². The second kappa shape index (κ2) is 7.81. The number of fused-ring (bicyclic) bond motifs is 4. The summed E-state index contributed by atoms with van der Waals surface area (Å²) in [6, 6.07) is 0. The predicted octanol–water partition coefficient (Wildman–Crippen LogP) is 6.93. The maximum atomic E-state index is 4.37. The van der Waals surface area contributed by atoms with Crippen molar-refractivity contribution < 1.29 is 0 Å². The van der Waals surface area contributed by atoms with Crippen LogP contribution in [0.4, 0.5) is 0 Å². The first kappa shape index (κ1) is 17.1. The zero-order chi connectivity index (χ0) is 16.1. The lowest BCUT2D eigenvalue weighted by atomic mass is 9.74. The fourth-order valence-electron chi connectivity index (χ4n) is 4.55. The molecule has 0 heterocycles. The minimum absolute atomic E-state index is 0.618. The fraction of sp³-hybridized carbons (Fsp3) is 0.545. The average Bonchev–Trinajstić information content (AvgIpc) is 3.10. The molecule has 0 spiro atoms. The fourth-order valence-corrected chi connectivity index (χ4v) is 4.55. The molecule has 3 aliphatic carbocycles. The van der Waals surface area contributed by atoms with Gasteiger partial charge in [-0.2, -0.15) is 0 Å². The van der Waals surface area contributed by atoms with Crippen LogP contribution >= 0.6 is 0 Å². The van der Waals surface area contributed by atoms with Gasteiger partial charge in [-0.15, -0.1) is 0 Å². The molecule has 0 N–H and O–H groups in total. The van der Waals surface area contributed by atoms with E-state index in [0.717, 1.165) is 0 Å². The summed E-state index contributed by atoms with van der Waals surface area (Å²) >= 11 is 0. The third-order valence-corrected chi connectivity index (χ3v) is 5.40. The van der Waals surface area contributed by atoms with Crippen LogP contribution in [0.1, 0.15) is 65.7 Å². The Morgan fingerprint density at radius 1 is 1.14 bits per heavy atom. The summed E-state index contributed by atoms with van der Waals surface area (Å²) in [4.78, 5) is 0. The molecule has 0 amide bonds. The first-order valence-electron chi connectivity index (χ1n) is 9.15. The smallest absolute Gasteiger partial charge is 0.00813 e. The van der Waals surface area contributed by atoms with Gasteiger partial charge in [0.1, 0.15) is 0 Å². The molecule has 1 unspecified atom stereocenters. The molecule has 0 radical (unpaired) electrons. The lowest BCUT2D eigenvalue weighted by Gasteiger charge is -2.30. The predicted molar refractivity (Wildman–Crippen MR) is 98.9 cm³/mol. The van der Waals surface area contributed by atoms with Crippen molar-refractivity contribution in [2.75, 3.05) is 0 Å². The summed E-state index contributed by atoms with van der Waals surface area (Å²) in [7, 11) is 0. The molecule has 1 atom stereocenters. The van der Waals surface area contributed by atoms with Crippen molar-refractivity contribution >= 4 is 0 Å². The van der Waals surface area contributed by atoms with Gasteiger partial charge in [0.2, 0.25) is 0 Å². The number of allylic oxidation sites excluding steroid dienone is 8. The maximum absolute atomic E-state index is 4.37. The second-order valence-corrected chi connectivity index (χ2v) is 6.48. The van der Waals surface area contributed by atoms with Gasteiger partial charge in [0.05, 0.1) is 0 Å². The third kappa shape index (κ3) is 3.07. The highest BCUT2D eigenvalue weighted by atomic mass is 14.5. The molecule has 4 bridgehead atoms. The lowest BCUT2D eigenvalue weighted by Crippen LogP contribution is -2.19. The van der Waals surface area contributed by atoms with Crippen molar-refractivity contribution in [2.45, 2.75) is 65.7 Å². The van der Waals surface area contributed by atoms with Crippen LogP contribution in [0.5, 0.6) is 0 Å². The van der Waals surface area contributed by atoms with Gasteiger partial charge in [-0.1, -0.05) is 86.4 Å². The van der Waals surface area contributed by atoms with Crippen molar-refractivity contribution in [3.63, 3.8) is 0 Å². The minimum atomic E-state index is 0.618. The highest BCUT2D eigenvalue weighted by molar-refractivity contribution is 5.48. The molecule has 0 saturated heterocycles. The average molecular weight is 296 g/mol. The van der Waals surface area contributed by atoms with E-state index in [1.807, 2.05) is 26.0 Å². The highest BCUT2D eigenvalue weighted by Gasteiger charge is 2.41. The van der Waals surface area contributed by atoms with Gasteiger partial charge in [0.25, 0.3) is 0 Å². The Morgan fingerprint density at radius 3 is 2.23 bits per heavy atom. The summed E-state index contributed by atoms with van der Waals surface area (Å²) in [5, 5.41) is 0. The number of rotatable bonds is 6. The molecule has 2 saturated carbocycles. The van der Waals surface area contributed by atoms with E-state index in [0.29, 0.717) is 11.8 Å². The Morgan fingerprint density at radius 2 is 1.73 bits per heavy atom. The van der Waals surface area contributed by atoms with Crippen LogP contribution in [0.15, 0.2) is 59.3 Å². The Balaban J connectivity index is 0.000000847. The molecule has 120 valence electrons. The first-order valence-corrected chi connectivity index (χ1v) is 9.15. The molecule has 0 nitrogen and oxygen atoms in total. The normalized spacial score (nSPS) is 21.2. The minimum Gasteiger partial charge on any atom is -0.0991 e. The van der Waals surface area contributed by atoms with Crippen molar-refractivity contribution in [1.82, 2.24) is 0 Å². The van der Waals surface area contributed by atoms with Gasteiger partial charge in [0, 0.05) is 5.92 Å². The molecule has 2 fully saturated rings. The first-order chi connectivity index (χ1) is 10.8. The Kier molecular flexibility index (Phi) is 6.06. The number of hydrogen-bond donors (Lipinski definition) is 0. The lowest BCUT2D eigenvalue weighted by molar-refractivity contribution is 0.460.